The first-order valence-electron chi connectivity index (χ1n) is 8.24. The van der Waals surface area contributed by atoms with E-state index in [1.807, 2.05) is 0 Å². The van der Waals surface area contributed by atoms with Gasteiger partial charge in [-0.15, -0.1) is 0 Å². The quantitative estimate of drug-likeness (QED) is 0.546. The summed E-state index contributed by atoms with van der Waals surface area (Å²) in [7, 11) is 0. The minimum absolute atomic E-state index is 0.184. The first-order valence-corrected chi connectivity index (χ1v) is 9.04. The fourth-order valence-corrected chi connectivity index (χ4v) is 2.74. The normalized spacial score (nSPS) is 11.0. The number of benzene rings is 2. The lowest BCUT2D eigenvalue weighted by Crippen LogP contribution is -2.19. The van der Waals surface area contributed by atoms with Crippen molar-refractivity contribution in [3.63, 3.8) is 0 Å². The van der Waals surface area contributed by atoms with Crippen molar-refractivity contribution in [1.29, 1.82) is 0 Å². The van der Waals surface area contributed by atoms with Crippen LogP contribution in [0.15, 0.2) is 71.3 Å². The Bertz CT molecular complexity index is 1050. The fraction of sp³-hybridized carbons (Fsp3) is 0.0500. The van der Waals surface area contributed by atoms with Crippen molar-refractivity contribution in [2.45, 2.75) is 6.18 Å². The summed E-state index contributed by atoms with van der Waals surface area (Å²) in [6.07, 6.45) is -3.14. The van der Waals surface area contributed by atoms with Crippen molar-refractivity contribution in [2.75, 3.05) is 10.6 Å². The van der Waals surface area contributed by atoms with Gasteiger partial charge in [-0.3, -0.25) is 9.59 Å². The molecule has 5 nitrogen and oxygen atoms in total. The molecule has 2 N–H and O–H groups in total. The van der Waals surface area contributed by atoms with Gasteiger partial charge in [0.15, 0.2) is 0 Å². The number of anilines is 2. The van der Waals surface area contributed by atoms with E-state index < -0.39 is 29.1 Å². The molecule has 148 valence electrons. The highest BCUT2D eigenvalue weighted by atomic mass is 79.9. The third kappa shape index (κ3) is 5.20. The molecule has 0 bridgehead atoms. The summed E-state index contributed by atoms with van der Waals surface area (Å²) < 4.78 is 40.1. The van der Waals surface area contributed by atoms with Crippen molar-refractivity contribution in [3.05, 3.63) is 88.0 Å². The molecule has 0 fully saturated rings. The molecule has 0 unspecified atom stereocenters. The summed E-state index contributed by atoms with van der Waals surface area (Å²) >= 11 is 3.24. The van der Waals surface area contributed by atoms with E-state index in [-0.39, 0.29) is 11.3 Å². The van der Waals surface area contributed by atoms with Gasteiger partial charge in [-0.05, 0) is 58.4 Å². The van der Waals surface area contributed by atoms with Crippen LogP contribution in [0.5, 0.6) is 0 Å². The van der Waals surface area contributed by atoms with Crippen LogP contribution in [-0.4, -0.2) is 16.8 Å². The summed E-state index contributed by atoms with van der Waals surface area (Å²) in [5, 5.41) is 4.99. The number of halogens is 4. The lowest BCUT2D eigenvalue weighted by atomic mass is 10.1. The van der Waals surface area contributed by atoms with Crippen LogP contribution < -0.4 is 10.6 Å². The Balaban J connectivity index is 1.77. The third-order valence-corrected chi connectivity index (χ3v) is 4.30. The van der Waals surface area contributed by atoms with E-state index in [0.29, 0.717) is 5.82 Å². The molecule has 0 radical (unpaired) electrons. The maximum absolute atomic E-state index is 13.1. The van der Waals surface area contributed by atoms with Crippen molar-refractivity contribution in [3.8, 4) is 0 Å². The molecule has 0 saturated heterocycles. The summed E-state index contributed by atoms with van der Waals surface area (Å²) in [5.41, 5.74) is -1.15. The molecule has 0 aliphatic carbocycles. The smallest absolute Gasteiger partial charge is 0.322 e. The summed E-state index contributed by atoms with van der Waals surface area (Å²) in [4.78, 5) is 28.8. The molecule has 2 aromatic carbocycles. The largest absolute Gasteiger partial charge is 0.417 e. The van der Waals surface area contributed by atoms with Gasteiger partial charge in [-0.1, -0.05) is 18.2 Å². The first kappa shape index (κ1) is 20.5. The van der Waals surface area contributed by atoms with Crippen LogP contribution in [0.3, 0.4) is 0 Å². The second-order valence-corrected chi connectivity index (χ2v) is 6.81. The van der Waals surface area contributed by atoms with Crippen LogP contribution in [0, 0.1) is 0 Å². The van der Waals surface area contributed by atoms with Crippen molar-refractivity contribution >= 4 is 39.2 Å². The Hall–Kier alpha value is -3.20. The number of carbonyl (C=O) groups is 2. The molecular weight excluding hydrogens is 451 g/mol. The van der Waals surface area contributed by atoms with Crippen LogP contribution in [0.4, 0.5) is 24.7 Å². The second kappa shape index (κ2) is 8.44. The van der Waals surface area contributed by atoms with E-state index in [1.54, 1.807) is 12.1 Å². The van der Waals surface area contributed by atoms with E-state index >= 15 is 0 Å². The number of nitrogens with zero attached hydrogens (tertiary/aromatic N) is 1. The van der Waals surface area contributed by atoms with Crippen LogP contribution in [0.2, 0.25) is 0 Å². The lowest BCUT2D eigenvalue weighted by molar-refractivity contribution is -0.137. The third-order valence-electron chi connectivity index (χ3n) is 3.83. The number of carbonyl (C=O) groups excluding carboxylic acids is 2. The number of rotatable bonds is 4. The van der Waals surface area contributed by atoms with E-state index in [0.717, 1.165) is 16.6 Å². The van der Waals surface area contributed by atoms with Crippen LogP contribution in [-0.2, 0) is 6.18 Å². The van der Waals surface area contributed by atoms with Gasteiger partial charge in [-0.25, -0.2) is 4.98 Å². The summed E-state index contributed by atoms with van der Waals surface area (Å²) in [6.45, 7) is 0. The Morgan fingerprint density at radius 1 is 0.897 bits per heavy atom. The van der Waals surface area contributed by atoms with E-state index in [4.69, 9.17) is 0 Å². The molecule has 0 aliphatic heterocycles. The molecule has 3 rings (SSSR count). The fourth-order valence-electron chi connectivity index (χ4n) is 2.50. The van der Waals surface area contributed by atoms with Gasteiger partial charge in [0, 0.05) is 21.9 Å². The van der Waals surface area contributed by atoms with E-state index in [1.165, 1.54) is 42.6 Å². The summed E-state index contributed by atoms with van der Waals surface area (Å²) in [6, 6.07) is 13.6. The average Bonchev–Trinajstić information content (AvgIpc) is 2.69. The Labute approximate surface area is 172 Å². The zero-order chi connectivity index (χ0) is 21.0. The zero-order valence-electron chi connectivity index (χ0n) is 14.6. The number of hydrogen-bond donors (Lipinski definition) is 2. The molecule has 2 amide bonds. The lowest BCUT2D eigenvalue weighted by Gasteiger charge is -2.13. The molecule has 0 aliphatic rings. The highest BCUT2D eigenvalue weighted by molar-refractivity contribution is 9.10. The van der Waals surface area contributed by atoms with Gasteiger partial charge in [0.2, 0.25) is 0 Å². The minimum Gasteiger partial charge on any atom is -0.322 e. The number of amides is 2. The number of hydrogen-bond acceptors (Lipinski definition) is 3. The van der Waals surface area contributed by atoms with Crippen LogP contribution in [0.25, 0.3) is 0 Å². The number of nitrogens with one attached hydrogen (secondary N) is 2. The van der Waals surface area contributed by atoms with Gasteiger partial charge in [0.1, 0.15) is 5.82 Å². The number of pyridine rings is 1. The average molecular weight is 464 g/mol. The van der Waals surface area contributed by atoms with E-state index in [2.05, 4.69) is 31.5 Å². The summed E-state index contributed by atoms with van der Waals surface area (Å²) in [5.74, 6) is -1.08. The molecule has 29 heavy (non-hydrogen) atoms. The molecule has 0 spiro atoms. The standard InChI is InChI=1S/C20H13BrF3N3O2/c21-13-8-9-17(25-11-13)27-18(28)12-4-3-5-14(10-12)26-19(29)15-6-1-2-7-16(15)20(22,23)24/h1-11H,(H,26,29)(H,25,27,28). The van der Waals surface area contributed by atoms with Gasteiger partial charge in [0.25, 0.3) is 11.8 Å². The predicted octanol–water partition coefficient (Wildman–Crippen LogP) is 5.37. The molecule has 1 heterocycles. The van der Waals surface area contributed by atoms with Gasteiger partial charge < -0.3 is 10.6 Å². The Kier molecular flexibility index (Phi) is 5.97. The Morgan fingerprint density at radius 3 is 2.34 bits per heavy atom. The van der Waals surface area contributed by atoms with Gasteiger partial charge >= 0.3 is 6.18 Å². The van der Waals surface area contributed by atoms with Crippen molar-refractivity contribution in [1.82, 2.24) is 4.98 Å². The maximum Gasteiger partial charge on any atom is 0.417 e. The maximum atomic E-state index is 13.1. The highest BCUT2D eigenvalue weighted by Gasteiger charge is 2.34. The van der Waals surface area contributed by atoms with Crippen molar-refractivity contribution in [2.24, 2.45) is 0 Å². The topological polar surface area (TPSA) is 71.1 Å². The monoisotopic (exact) mass is 463 g/mol. The van der Waals surface area contributed by atoms with Crippen molar-refractivity contribution < 1.29 is 22.8 Å². The molecule has 1 aromatic heterocycles. The zero-order valence-corrected chi connectivity index (χ0v) is 16.2. The van der Waals surface area contributed by atoms with Gasteiger partial charge in [0.05, 0.1) is 11.1 Å². The minimum atomic E-state index is -4.66. The van der Waals surface area contributed by atoms with Gasteiger partial charge in [-0.2, -0.15) is 13.2 Å². The molecule has 0 atom stereocenters. The van der Waals surface area contributed by atoms with E-state index in [9.17, 15) is 22.8 Å². The molecular formula is C20H13BrF3N3O2. The second-order valence-electron chi connectivity index (χ2n) is 5.89. The SMILES string of the molecule is O=C(Nc1ccc(Br)cn1)c1cccc(NC(=O)c2ccccc2C(F)(F)F)c1. The molecule has 0 saturated carbocycles. The molecule has 3 aromatic rings. The highest BCUT2D eigenvalue weighted by Crippen LogP contribution is 2.32. The molecule has 9 heteroatoms. The number of aromatic nitrogens is 1. The van der Waals surface area contributed by atoms with Crippen LogP contribution >= 0.6 is 15.9 Å². The number of alkyl halides is 3. The first-order chi connectivity index (χ1) is 13.7. The Morgan fingerprint density at radius 2 is 1.66 bits per heavy atom. The predicted molar refractivity (Wildman–Crippen MR) is 106 cm³/mol. The van der Waals surface area contributed by atoms with Crippen LogP contribution in [0.1, 0.15) is 26.3 Å².